The zero-order chi connectivity index (χ0) is 14.0. The molecule has 5 aliphatic rings. The minimum Gasteiger partial charge on any atom is -0.327 e. The molecule has 1 nitrogen and oxygen atoms in total. The van der Waals surface area contributed by atoms with Crippen LogP contribution in [-0.2, 0) is 0 Å². The van der Waals surface area contributed by atoms with Crippen LogP contribution < -0.4 is 5.73 Å². The second kappa shape index (κ2) is 4.48. The Labute approximate surface area is 125 Å². The first-order valence-corrected chi connectivity index (χ1v) is 9.21. The minimum absolute atomic E-state index is 0.520. The molecule has 20 heavy (non-hydrogen) atoms. The van der Waals surface area contributed by atoms with Crippen molar-refractivity contribution in [3.8, 4) is 0 Å². The van der Waals surface area contributed by atoms with Gasteiger partial charge in [0.25, 0.3) is 0 Å². The van der Waals surface area contributed by atoms with Crippen LogP contribution in [-0.4, -0.2) is 6.04 Å². The largest absolute Gasteiger partial charge is 0.327 e. The van der Waals surface area contributed by atoms with E-state index in [1.807, 2.05) is 0 Å². The molecule has 5 rings (SSSR count). The zero-order valence-electron chi connectivity index (χ0n) is 13.5. The van der Waals surface area contributed by atoms with Crippen molar-refractivity contribution >= 4 is 0 Å². The highest BCUT2D eigenvalue weighted by atomic mass is 14.8. The van der Waals surface area contributed by atoms with Crippen LogP contribution in [0.25, 0.3) is 0 Å². The van der Waals surface area contributed by atoms with Crippen molar-refractivity contribution in [3.63, 3.8) is 0 Å². The third-order valence-electron chi connectivity index (χ3n) is 7.68. The van der Waals surface area contributed by atoms with Crippen LogP contribution in [0.3, 0.4) is 0 Å². The van der Waals surface area contributed by atoms with E-state index in [-0.39, 0.29) is 0 Å². The summed E-state index contributed by atoms with van der Waals surface area (Å²) in [6, 6.07) is 0.520. The highest BCUT2D eigenvalue weighted by Gasteiger charge is 2.54. The average molecular weight is 275 g/mol. The summed E-state index contributed by atoms with van der Waals surface area (Å²) >= 11 is 0. The maximum absolute atomic E-state index is 6.94. The second-order valence-corrected chi connectivity index (χ2v) is 9.81. The van der Waals surface area contributed by atoms with Crippen molar-refractivity contribution in [2.24, 2.45) is 40.2 Å². The van der Waals surface area contributed by atoms with Crippen molar-refractivity contribution in [1.29, 1.82) is 0 Å². The molecule has 114 valence electrons. The molecular weight excluding hydrogens is 242 g/mol. The lowest BCUT2D eigenvalue weighted by Gasteiger charge is -2.60. The molecule has 0 radical (unpaired) electrons. The van der Waals surface area contributed by atoms with Crippen LogP contribution in [0.4, 0.5) is 0 Å². The van der Waals surface area contributed by atoms with Gasteiger partial charge in [-0.05, 0) is 98.7 Å². The molecule has 4 bridgehead atoms. The van der Waals surface area contributed by atoms with Crippen LogP contribution in [0.2, 0.25) is 0 Å². The van der Waals surface area contributed by atoms with Crippen molar-refractivity contribution in [1.82, 2.24) is 0 Å². The maximum atomic E-state index is 6.94. The van der Waals surface area contributed by atoms with Gasteiger partial charge in [0, 0.05) is 6.04 Å². The van der Waals surface area contributed by atoms with E-state index in [1.54, 1.807) is 19.3 Å². The van der Waals surface area contributed by atoms with E-state index < -0.39 is 0 Å². The Hall–Kier alpha value is -0.0400. The second-order valence-electron chi connectivity index (χ2n) is 9.81. The monoisotopic (exact) mass is 275 g/mol. The third-order valence-corrected chi connectivity index (χ3v) is 7.68. The van der Waals surface area contributed by atoms with E-state index in [1.165, 1.54) is 44.9 Å². The smallest absolute Gasteiger partial charge is 0.0124 e. The fourth-order valence-electron chi connectivity index (χ4n) is 6.87. The van der Waals surface area contributed by atoms with E-state index in [0.29, 0.717) is 16.9 Å². The fraction of sp³-hybridized carbons (Fsp3) is 1.00. The maximum Gasteiger partial charge on any atom is 0.0124 e. The Bertz CT molecular complexity index is 338. The predicted octanol–water partition coefficient (Wildman–Crippen LogP) is 4.75. The fourth-order valence-corrected chi connectivity index (χ4v) is 6.87. The Morgan fingerprint density at radius 2 is 1.30 bits per heavy atom. The summed E-state index contributed by atoms with van der Waals surface area (Å²) in [5.41, 5.74) is 8.09. The SMILES string of the molecule is CC1(C)CCC(C(N)C23CC4CC(CC(C4)C2)C3)CC1. The molecular formula is C19H33N. The van der Waals surface area contributed by atoms with Gasteiger partial charge in [0.1, 0.15) is 0 Å². The van der Waals surface area contributed by atoms with Crippen molar-refractivity contribution in [3.05, 3.63) is 0 Å². The van der Waals surface area contributed by atoms with Crippen LogP contribution in [0.5, 0.6) is 0 Å². The zero-order valence-corrected chi connectivity index (χ0v) is 13.5. The van der Waals surface area contributed by atoms with Crippen molar-refractivity contribution in [2.45, 2.75) is 84.1 Å². The van der Waals surface area contributed by atoms with E-state index >= 15 is 0 Å². The molecule has 0 aromatic rings. The molecule has 5 aliphatic carbocycles. The van der Waals surface area contributed by atoms with Gasteiger partial charge in [-0.15, -0.1) is 0 Å². The lowest BCUT2D eigenvalue weighted by atomic mass is 9.46. The standard InChI is InChI=1S/C19H33N/c1-18(2)5-3-16(4-6-18)17(20)19-10-13-7-14(11-19)9-15(8-13)12-19/h13-17H,3-12,20H2,1-2H3. The van der Waals surface area contributed by atoms with E-state index in [9.17, 15) is 0 Å². The van der Waals surface area contributed by atoms with Gasteiger partial charge in [0.15, 0.2) is 0 Å². The van der Waals surface area contributed by atoms with Crippen LogP contribution in [0.1, 0.15) is 78.1 Å². The van der Waals surface area contributed by atoms with E-state index in [2.05, 4.69) is 13.8 Å². The number of nitrogens with two attached hydrogens (primary N) is 1. The van der Waals surface area contributed by atoms with Crippen LogP contribution >= 0.6 is 0 Å². The highest BCUT2D eigenvalue weighted by molar-refractivity contribution is 5.07. The van der Waals surface area contributed by atoms with E-state index in [0.717, 1.165) is 23.7 Å². The van der Waals surface area contributed by atoms with Gasteiger partial charge in [-0.3, -0.25) is 0 Å². The lowest BCUT2D eigenvalue weighted by Crippen LogP contribution is -2.57. The van der Waals surface area contributed by atoms with Gasteiger partial charge in [0.2, 0.25) is 0 Å². The summed E-state index contributed by atoms with van der Waals surface area (Å²) in [5, 5.41) is 0. The molecule has 0 aromatic carbocycles. The van der Waals surface area contributed by atoms with E-state index in [4.69, 9.17) is 5.73 Å². The first-order chi connectivity index (χ1) is 9.46. The third kappa shape index (κ3) is 2.16. The van der Waals surface area contributed by atoms with Crippen molar-refractivity contribution in [2.75, 3.05) is 0 Å². The molecule has 1 heteroatoms. The molecule has 1 unspecified atom stereocenters. The molecule has 0 aliphatic heterocycles. The quantitative estimate of drug-likeness (QED) is 0.773. The van der Waals surface area contributed by atoms with Crippen LogP contribution in [0.15, 0.2) is 0 Å². The Morgan fingerprint density at radius 3 is 1.75 bits per heavy atom. The average Bonchev–Trinajstić information content (AvgIpc) is 2.36. The number of hydrogen-bond donors (Lipinski definition) is 1. The molecule has 5 fully saturated rings. The van der Waals surface area contributed by atoms with Gasteiger partial charge in [-0.25, -0.2) is 0 Å². The van der Waals surface area contributed by atoms with Gasteiger partial charge < -0.3 is 5.73 Å². The Morgan fingerprint density at radius 1 is 0.850 bits per heavy atom. The molecule has 0 spiro atoms. The minimum atomic E-state index is 0.520. The van der Waals surface area contributed by atoms with Gasteiger partial charge in [0.05, 0.1) is 0 Å². The topological polar surface area (TPSA) is 26.0 Å². The molecule has 1 atom stereocenters. The van der Waals surface area contributed by atoms with Gasteiger partial charge >= 0.3 is 0 Å². The summed E-state index contributed by atoms with van der Waals surface area (Å²) in [6.45, 7) is 4.89. The first-order valence-electron chi connectivity index (χ1n) is 9.21. The first kappa shape index (κ1) is 13.6. The molecule has 5 saturated carbocycles. The predicted molar refractivity (Wildman–Crippen MR) is 84.3 cm³/mol. The summed E-state index contributed by atoms with van der Waals surface area (Å²) in [6.07, 6.45) is 14.7. The van der Waals surface area contributed by atoms with Crippen molar-refractivity contribution < 1.29 is 0 Å². The summed E-state index contributed by atoms with van der Waals surface area (Å²) < 4.78 is 0. The highest BCUT2D eigenvalue weighted by Crippen LogP contribution is 2.62. The van der Waals surface area contributed by atoms with Gasteiger partial charge in [-0.2, -0.15) is 0 Å². The Balaban J connectivity index is 1.49. The molecule has 0 heterocycles. The lowest BCUT2D eigenvalue weighted by molar-refractivity contribution is -0.0817. The normalized spacial score (nSPS) is 48.5. The molecule has 0 saturated heterocycles. The summed E-state index contributed by atoms with van der Waals surface area (Å²) in [5.74, 6) is 3.98. The van der Waals surface area contributed by atoms with Gasteiger partial charge in [-0.1, -0.05) is 13.8 Å². The molecule has 0 aromatic heterocycles. The summed E-state index contributed by atoms with van der Waals surface area (Å²) in [7, 11) is 0. The number of hydrogen-bond acceptors (Lipinski definition) is 1. The summed E-state index contributed by atoms with van der Waals surface area (Å²) in [4.78, 5) is 0. The molecule has 0 amide bonds. The molecule has 2 N–H and O–H groups in total. The van der Waals surface area contributed by atoms with Crippen LogP contribution in [0, 0.1) is 34.5 Å². The Kier molecular flexibility index (Phi) is 3.05. The number of rotatable bonds is 2.